The van der Waals surface area contributed by atoms with Gasteiger partial charge in [-0.1, -0.05) is 18.2 Å². The van der Waals surface area contributed by atoms with E-state index < -0.39 is 0 Å². The van der Waals surface area contributed by atoms with E-state index in [2.05, 4.69) is 15.3 Å². The minimum atomic E-state index is -0.189. The number of H-pyrrole nitrogens is 1. The van der Waals surface area contributed by atoms with E-state index in [4.69, 9.17) is 12.2 Å². The molecular weight excluding hydrogens is 308 g/mol. The van der Waals surface area contributed by atoms with Gasteiger partial charge in [0, 0.05) is 24.3 Å². The topological polar surface area (TPSA) is 62.7 Å². The van der Waals surface area contributed by atoms with E-state index in [0.717, 1.165) is 11.3 Å². The maximum atomic E-state index is 12.6. The second-order valence-electron chi connectivity index (χ2n) is 5.13. The van der Waals surface area contributed by atoms with Crippen molar-refractivity contribution in [2.45, 2.75) is 13.0 Å². The lowest BCUT2D eigenvalue weighted by Crippen LogP contribution is -2.28. The lowest BCUT2D eigenvalue weighted by Gasteiger charge is -2.15. The van der Waals surface area contributed by atoms with Gasteiger partial charge in [0.2, 0.25) is 0 Å². The Bertz CT molecular complexity index is 855. The van der Waals surface area contributed by atoms with Crippen LogP contribution in [0, 0.1) is 4.77 Å². The Balaban J connectivity index is 1.88. The smallest absolute Gasteiger partial charge is 0.270 e. The van der Waals surface area contributed by atoms with Gasteiger partial charge in [0.05, 0.1) is 6.04 Å². The van der Waals surface area contributed by atoms with Crippen LogP contribution in [0.3, 0.4) is 0 Å². The van der Waals surface area contributed by atoms with Crippen LogP contribution in [0.5, 0.6) is 0 Å². The summed E-state index contributed by atoms with van der Waals surface area (Å²) < 4.78 is 2.21. The second kappa shape index (κ2) is 6.58. The van der Waals surface area contributed by atoms with Gasteiger partial charge >= 0.3 is 0 Å². The number of carbonyl (C=O) groups excluding carboxylic acids is 1. The van der Waals surface area contributed by atoms with Crippen molar-refractivity contribution in [1.82, 2.24) is 19.9 Å². The van der Waals surface area contributed by atoms with Crippen LogP contribution in [0.2, 0.25) is 0 Å². The van der Waals surface area contributed by atoms with Gasteiger partial charge in [0.25, 0.3) is 5.91 Å². The molecule has 0 saturated heterocycles. The molecule has 6 heteroatoms. The largest absolute Gasteiger partial charge is 0.344 e. The molecule has 0 aliphatic rings. The Morgan fingerprint density at radius 1 is 1.22 bits per heavy atom. The average Bonchev–Trinajstić information content (AvgIpc) is 2.98. The van der Waals surface area contributed by atoms with Crippen LogP contribution >= 0.6 is 12.2 Å². The van der Waals surface area contributed by atoms with Crippen molar-refractivity contribution in [1.29, 1.82) is 0 Å². The number of imidazole rings is 1. The Morgan fingerprint density at radius 2 is 1.91 bits per heavy atom. The van der Waals surface area contributed by atoms with Crippen molar-refractivity contribution in [2.24, 2.45) is 0 Å². The summed E-state index contributed by atoms with van der Waals surface area (Å²) in [5.41, 5.74) is 2.32. The SMILES string of the molecule is CC(NC(=O)c1c[nH]c(=S)n1-c1ccccc1)c1ccncc1. The number of nitrogens with zero attached hydrogens (tertiary/aromatic N) is 2. The molecule has 2 aromatic heterocycles. The molecule has 0 spiro atoms. The fourth-order valence-electron chi connectivity index (χ4n) is 2.38. The van der Waals surface area contributed by atoms with Crippen molar-refractivity contribution in [2.75, 3.05) is 0 Å². The van der Waals surface area contributed by atoms with Gasteiger partial charge in [-0.05, 0) is 49.0 Å². The predicted octanol–water partition coefficient (Wildman–Crippen LogP) is 3.42. The quantitative estimate of drug-likeness (QED) is 0.723. The van der Waals surface area contributed by atoms with E-state index in [0.29, 0.717) is 10.5 Å². The molecule has 1 unspecified atom stereocenters. The predicted molar refractivity (Wildman–Crippen MR) is 91.1 cm³/mol. The summed E-state index contributed by atoms with van der Waals surface area (Å²) in [6.07, 6.45) is 5.05. The highest BCUT2D eigenvalue weighted by Gasteiger charge is 2.17. The molecule has 0 bridgehead atoms. The molecule has 2 N–H and O–H groups in total. The van der Waals surface area contributed by atoms with Crippen LogP contribution in [-0.2, 0) is 0 Å². The summed E-state index contributed by atoms with van der Waals surface area (Å²) in [6.45, 7) is 1.93. The first-order valence-corrected chi connectivity index (χ1v) is 7.64. The third-order valence-corrected chi connectivity index (χ3v) is 3.88. The fraction of sp³-hybridized carbons (Fsp3) is 0.118. The Morgan fingerprint density at radius 3 is 2.61 bits per heavy atom. The average molecular weight is 324 g/mol. The Kier molecular flexibility index (Phi) is 4.34. The van der Waals surface area contributed by atoms with Crippen molar-refractivity contribution in [3.8, 4) is 5.69 Å². The van der Waals surface area contributed by atoms with Crippen molar-refractivity contribution in [3.05, 3.63) is 77.1 Å². The van der Waals surface area contributed by atoms with Gasteiger partial charge in [-0.25, -0.2) is 0 Å². The van der Waals surface area contributed by atoms with E-state index in [1.807, 2.05) is 49.4 Å². The normalized spacial score (nSPS) is 11.9. The van der Waals surface area contributed by atoms with E-state index in [-0.39, 0.29) is 11.9 Å². The molecule has 0 fully saturated rings. The molecule has 0 radical (unpaired) electrons. The molecule has 1 aromatic carbocycles. The molecule has 23 heavy (non-hydrogen) atoms. The number of pyridine rings is 1. The van der Waals surface area contributed by atoms with Crippen LogP contribution in [0.25, 0.3) is 5.69 Å². The number of para-hydroxylation sites is 1. The van der Waals surface area contributed by atoms with Gasteiger partial charge < -0.3 is 10.3 Å². The third-order valence-electron chi connectivity index (χ3n) is 3.58. The fourth-order valence-corrected chi connectivity index (χ4v) is 2.64. The molecule has 3 rings (SSSR count). The molecule has 2 heterocycles. The van der Waals surface area contributed by atoms with E-state index in [9.17, 15) is 4.79 Å². The highest BCUT2D eigenvalue weighted by atomic mass is 32.1. The number of nitrogens with one attached hydrogen (secondary N) is 2. The highest BCUT2D eigenvalue weighted by Crippen LogP contribution is 2.15. The van der Waals surface area contributed by atoms with Crippen molar-refractivity contribution < 1.29 is 4.79 Å². The summed E-state index contributed by atoms with van der Waals surface area (Å²) in [7, 11) is 0. The summed E-state index contributed by atoms with van der Waals surface area (Å²) in [6, 6.07) is 13.2. The first kappa shape index (κ1) is 15.2. The first-order chi connectivity index (χ1) is 11.2. The zero-order chi connectivity index (χ0) is 16.2. The van der Waals surface area contributed by atoms with E-state index in [1.54, 1.807) is 23.2 Å². The van der Waals surface area contributed by atoms with Gasteiger partial charge in [0.15, 0.2) is 4.77 Å². The van der Waals surface area contributed by atoms with Gasteiger partial charge in [0.1, 0.15) is 5.69 Å². The second-order valence-corrected chi connectivity index (χ2v) is 5.51. The van der Waals surface area contributed by atoms with E-state index in [1.165, 1.54) is 0 Å². The molecule has 0 saturated carbocycles. The number of carbonyl (C=O) groups is 1. The monoisotopic (exact) mass is 324 g/mol. The Labute approximate surface area is 139 Å². The number of hydrogen-bond donors (Lipinski definition) is 2. The maximum Gasteiger partial charge on any atom is 0.270 e. The van der Waals surface area contributed by atoms with Crippen LogP contribution in [0.1, 0.15) is 29.0 Å². The molecule has 1 atom stereocenters. The number of rotatable bonds is 4. The molecule has 0 aliphatic heterocycles. The lowest BCUT2D eigenvalue weighted by atomic mass is 10.1. The van der Waals surface area contributed by atoms with Crippen LogP contribution < -0.4 is 5.32 Å². The molecule has 116 valence electrons. The molecule has 0 aliphatic carbocycles. The van der Waals surface area contributed by atoms with Crippen molar-refractivity contribution >= 4 is 18.1 Å². The number of amides is 1. The third kappa shape index (κ3) is 3.22. The highest BCUT2D eigenvalue weighted by molar-refractivity contribution is 7.71. The summed E-state index contributed by atoms with van der Waals surface area (Å²) in [5.74, 6) is -0.189. The zero-order valence-corrected chi connectivity index (χ0v) is 13.4. The summed E-state index contributed by atoms with van der Waals surface area (Å²) in [4.78, 5) is 19.5. The van der Waals surface area contributed by atoms with Gasteiger partial charge in [-0.2, -0.15) is 0 Å². The summed E-state index contributed by atoms with van der Waals surface area (Å²) >= 11 is 5.30. The number of hydrogen-bond acceptors (Lipinski definition) is 3. The number of aromatic amines is 1. The standard InChI is InChI=1S/C17H16N4OS/c1-12(13-7-9-18-10-8-13)20-16(22)15-11-19-17(23)21(15)14-5-3-2-4-6-14/h2-12H,1H3,(H,19,23)(H,20,22). The maximum absolute atomic E-state index is 12.6. The lowest BCUT2D eigenvalue weighted by molar-refractivity contribution is 0.0933. The molecule has 1 amide bonds. The molecule has 5 nitrogen and oxygen atoms in total. The Hall–Kier alpha value is -2.73. The number of aromatic nitrogens is 3. The van der Waals surface area contributed by atoms with E-state index >= 15 is 0 Å². The summed E-state index contributed by atoms with van der Waals surface area (Å²) in [5, 5.41) is 2.98. The first-order valence-electron chi connectivity index (χ1n) is 7.23. The van der Waals surface area contributed by atoms with Crippen LogP contribution in [0.4, 0.5) is 0 Å². The van der Waals surface area contributed by atoms with Crippen molar-refractivity contribution in [3.63, 3.8) is 0 Å². The molecule has 3 aromatic rings. The minimum absolute atomic E-state index is 0.127. The number of benzene rings is 1. The van der Waals surface area contributed by atoms with Crippen LogP contribution in [0.15, 0.2) is 61.1 Å². The molecular formula is C17H16N4OS. The zero-order valence-electron chi connectivity index (χ0n) is 12.6. The van der Waals surface area contributed by atoms with Gasteiger partial charge in [-0.3, -0.25) is 14.3 Å². The van der Waals surface area contributed by atoms with Gasteiger partial charge in [-0.15, -0.1) is 0 Å². The minimum Gasteiger partial charge on any atom is -0.344 e. The van der Waals surface area contributed by atoms with Crippen LogP contribution in [-0.4, -0.2) is 20.4 Å².